The van der Waals surface area contributed by atoms with Gasteiger partial charge in [0.2, 0.25) is 11.8 Å². The second-order valence-corrected chi connectivity index (χ2v) is 9.50. The van der Waals surface area contributed by atoms with E-state index in [1.54, 1.807) is 0 Å². The third-order valence-corrected chi connectivity index (χ3v) is 5.14. The summed E-state index contributed by atoms with van der Waals surface area (Å²) in [4.78, 5) is 26.8. The summed E-state index contributed by atoms with van der Waals surface area (Å²) in [6.07, 6.45) is 0.652. The number of benzene rings is 1. The molecule has 1 saturated heterocycles. The molecule has 1 aromatic carbocycles. The van der Waals surface area contributed by atoms with Gasteiger partial charge in [-0.2, -0.15) is 0 Å². The molecular weight excluding hydrogens is 326 g/mol. The molecule has 4 nitrogen and oxygen atoms in total. The summed E-state index contributed by atoms with van der Waals surface area (Å²) in [5.74, 6) is -1.12. The van der Waals surface area contributed by atoms with Gasteiger partial charge in [0, 0.05) is 6.42 Å². The molecule has 4 heteroatoms. The van der Waals surface area contributed by atoms with Gasteiger partial charge >= 0.3 is 0 Å². The Morgan fingerprint density at radius 2 is 1.54 bits per heavy atom. The van der Waals surface area contributed by atoms with Crippen LogP contribution in [0.4, 0.5) is 5.69 Å². The summed E-state index contributed by atoms with van der Waals surface area (Å²) in [6.45, 7) is 14.7. The molecule has 1 aliphatic rings. The second kappa shape index (κ2) is 7.15. The highest BCUT2D eigenvalue weighted by Crippen LogP contribution is 2.36. The fourth-order valence-corrected chi connectivity index (χ4v) is 3.33. The van der Waals surface area contributed by atoms with Gasteiger partial charge in [-0.25, -0.2) is 0 Å². The average molecular weight is 360 g/mol. The van der Waals surface area contributed by atoms with E-state index in [1.807, 2.05) is 19.1 Å². The zero-order chi connectivity index (χ0) is 19.9. The van der Waals surface area contributed by atoms with E-state index >= 15 is 0 Å². The van der Waals surface area contributed by atoms with Crippen LogP contribution in [0.5, 0.6) is 0 Å². The molecule has 2 rings (SSSR count). The topological polar surface area (TPSA) is 57.6 Å². The first kappa shape index (κ1) is 20.6. The van der Waals surface area contributed by atoms with Crippen molar-refractivity contribution in [2.75, 3.05) is 4.90 Å². The maximum absolute atomic E-state index is 12.9. The highest BCUT2D eigenvalue weighted by Gasteiger charge is 2.43. The van der Waals surface area contributed by atoms with E-state index in [-0.39, 0.29) is 29.1 Å². The molecule has 2 atom stereocenters. The molecule has 0 saturated carbocycles. The molecule has 1 aliphatic heterocycles. The lowest BCUT2D eigenvalue weighted by Gasteiger charge is -2.28. The molecule has 1 N–H and O–H groups in total. The van der Waals surface area contributed by atoms with Crippen molar-refractivity contribution in [3.63, 3.8) is 0 Å². The van der Waals surface area contributed by atoms with Crippen molar-refractivity contribution in [2.24, 2.45) is 5.92 Å². The van der Waals surface area contributed by atoms with E-state index in [0.717, 1.165) is 17.5 Å². The fraction of sp³-hybridized carbons (Fsp3) is 0.636. The molecule has 0 spiro atoms. The van der Waals surface area contributed by atoms with Crippen LogP contribution in [0.3, 0.4) is 0 Å². The monoisotopic (exact) mass is 359 g/mol. The van der Waals surface area contributed by atoms with Crippen LogP contribution < -0.4 is 4.90 Å². The fourth-order valence-electron chi connectivity index (χ4n) is 3.33. The van der Waals surface area contributed by atoms with Crippen molar-refractivity contribution < 1.29 is 14.7 Å². The number of nitrogens with zero attached hydrogens (tertiary/aromatic N) is 1. The molecule has 1 aromatic rings. The molecule has 2 amide bonds. The van der Waals surface area contributed by atoms with Gasteiger partial charge in [0.1, 0.15) is 0 Å². The van der Waals surface area contributed by atoms with E-state index in [9.17, 15) is 14.7 Å². The first-order valence-corrected chi connectivity index (χ1v) is 9.57. The van der Waals surface area contributed by atoms with Crippen molar-refractivity contribution >= 4 is 17.5 Å². The Labute approximate surface area is 157 Å². The minimum absolute atomic E-state index is 0.0879. The smallest absolute Gasteiger partial charge is 0.240 e. The van der Waals surface area contributed by atoms with Gasteiger partial charge in [-0.05, 0) is 40.5 Å². The first-order chi connectivity index (χ1) is 11.9. The Balaban J connectivity index is 2.50. The largest absolute Gasteiger partial charge is 0.392 e. The molecule has 1 heterocycles. The number of carbonyl (C=O) groups excluding carboxylic acids is 2. The molecule has 1 fully saturated rings. The summed E-state index contributed by atoms with van der Waals surface area (Å²) in [5.41, 5.74) is 2.63. The highest BCUT2D eigenvalue weighted by atomic mass is 16.3. The third kappa shape index (κ3) is 4.17. The number of rotatable bonds is 4. The van der Waals surface area contributed by atoms with Crippen LogP contribution in [-0.2, 0) is 20.4 Å². The second-order valence-electron chi connectivity index (χ2n) is 9.50. The zero-order valence-electron chi connectivity index (χ0n) is 17.2. The zero-order valence-corrected chi connectivity index (χ0v) is 17.2. The van der Waals surface area contributed by atoms with Crippen LogP contribution in [0.1, 0.15) is 78.9 Å². The van der Waals surface area contributed by atoms with E-state index in [2.05, 4.69) is 47.6 Å². The van der Waals surface area contributed by atoms with Crippen molar-refractivity contribution in [3.8, 4) is 0 Å². The summed E-state index contributed by atoms with van der Waals surface area (Å²) in [6, 6.07) is 6.05. The number of hydrogen-bond donors (Lipinski definition) is 1. The third-order valence-electron chi connectivity index (χ3n) is 5.14. The van der Waals surface area contributed by atoms with Crippen LogP contribution in [0.2, 0.25) is 0 Å². The minimum atomic E-state index is -0.755. The van der Waals surface area contributed by atoms with Gasteiger partial charge in [0.15, 0.2) is 0 Å². The minimum Gasteiger partial charge on any atom is -0.392 e. The van der Waals surface area contributed by atoms with Crippen LogP contribution in [-0.4, -0.2) is 23.0 Å². The Morgan fingerprint density at radius 1 is 1.04 bits per heavy atom. The van der Waals surface area contributed by atoms with Crippen LogP contribution in [0.15, 0.2) is 18.2 Å². The Hall–Kier alpha value is -1.68. The van der Waals surface area contributed by atoms with Crippen LogP contribution in [0, 0.1) is 5.92 Å². The molecule has 0 aliphatic carbocycles. The predicted molar refractivity (Wildman–Crippen MR) is 105 cm³/mol. The van der Waals surface area contributed by atoms with Gasteiger partial charge in [0.25, 0.3) is 0 Å². The van der Waals surface area contributed by atoms with E-state index < -0.39 is 12.0 Å². The molecule has 26 heavy (non-hydrogen) atoms. The summed E-state index contributed by atoms with van der Waals surface area (Å²) >= 11 is 0. The Morgan fingerprint density at radius 3 is 1.96 bits per heavy atom. The van der Waals surface area contributed by atoms with Gasteiger partial charge in [0.05, 0.1) is 17.7 Å². The molecule has 0 radical (unpaired) electrons. The van der Waals surface area contributed by atoms with Gasteiger partial charge in [-0.1, -0.05) is 61.0 Å². The number of imide groups is 1. The van der Waals surface area contributed by atoms with E-state index in [0.29, 0.717) is 12.1 Å². The SMILES string of the molecule is CCC[C@H](O)[C@@H]1CC(=O)N(c2cc(C(C)(C)C)cc(C(C)(C)C)c2)C1=O. The number of amides is 2. The molecular formula is C22H33NO3. The van der Waals surface area contributed by atoms with E-state index in [1.165, 1.54) is 4.90 Å². The molecule has 0 aromatic heterocycles. The molecule has 0 bridgehead atoms. The number of carbonyl (C=O) groups is 2. The lowest BCUT2D eigenvalue weighted by atomic mass is 9.80. The number of hydrogen-bond acceptors (Lipinski definition) is 3. The lowest BCUT2D eigenvalue weighted by molar-refractivity contribution is -0.124. The summed E-state index contributed by atoms with van der Waals surface area (Å²) in [5, 5.41) is 10.3. The maximum Gasteiger partial charge on any atom is 0.240 e. The number of anilines is 1. The van der Waals surface area contributed by atoms with Crippen molar-refractivity contribution in [3.05, 3.63) is 29.3 Å². The molecule has 0 unspecified atom stereocenters. The summed E-state index contributed by atoms with van der Waals surface area (Å²) in [7, 11) is 0. The predicted octanol–water partition coefficient (Wildman–Crippen LogP) is 4.32. The maximum atomic E-state index is 12.9. The van der Waals surface area contributed by atoms with Crippen LogP contribution >= 0.6 is 0 Å². The van der Waals surface area contributed by atoms with E-state index in [4.69, 9.17) is 0 Å². The lowest BCUT2D eigenvalue weighted by Crippen LogP contribution is -2.34. The highest BCUT2D eigenvalue weighted by molar-refractivity contribution is 6.21. The van der Waals surface area contributed by atoms with Gasteiger partial charge in [-0.3, -0.25) is 14.5 Å². The Bertz CT molecular complexity index is 662. The van der Waals surface area contributed by atoms with Crippen molar-refractivity contribution in [1.82, 2.24) is 0 Å². The van der Waals surface area contributed by atoms with Gasteiger partial charge in [-0.15, -0.1) is 0 Å². The average Bonchev–Trinajstić information content (AvgIpc) is 2.80. The number of aliphatic hydroxyl groups excluding tert-OH is 1. The summed E-state index contributed by atoms with van der Waals surface area (Å²) < 4.78 is 0. The van der Waals surface area contributed by atoms with Gasteiger partial charge < -0.3 is 5.11 Å². The first-order valence-electron chi connectivity index (χ1n) is 9.57. The van der Waals surface area contributed by atoms with Crippen LogP contribution in [0.25, 0.3) is 0 Å². The molecule has 144 valence electrons. The van der Waals surface area contributed by atoms with Crippen molar-refractivity contribution in [1.29, 1.82) is 0 Å². The Kier molecular flexibility index (Phi) is 5.67. The normalized spacial score (nSPS) is 20.0. The quantitative estimate of drug-likeness (QED) is 0.815. The van der Waals surface area contributed by atoms with Crippen molar-refractivity contribution in [2.45, 2.75) is 84.7 Å². The standard InChI is InChI=1S/C22H33NO3/c1-8-9-18(24)17-13-19(25)23(20(17)26)16-11-14(21(2,3)4)10-15(12-16)22(5,6)7/h10-12,17-18,24H,8-9,13H2,1-7H3/t17-,18-/m0/s1. The number of aliphatic hydroxyl groups is 1.